The summed E-state index contributed by atoms with van der Waals surface area (Å²) in [5.41, 5.74) is 0.589. The van der Waals surface area contributed by atoms with Gasteiger partial charge in [-0.1, -0.05) is 0 Å². The van der Waals surface area contributed by atoms with Crippen molar-refractivity contribution in [2.24, 2.45) is 16.3 Å². The molecule has 19 heavy (non-hydrogen) atoms. The van der Waals surface area contributed by atoms with Crippen LogP contribution in [0.25, 0.3) is 0 Å². The predicted molar refractivity (Wildman–Crippen MR) is 77.3 cm³/mol. The summed E-state index contributed by atoms with van der Waals surface area (Å²) in [7, 11) is 0. The summed E-state index contributed by atoms with van der Waals surface area (Å²) in [6, 6.07) is 0. The molecule has 0 spiro atoms. The second-order valence-electron chi connectivity index (χ2n) is 6.35. The summed E-state index contributed by atoms with van der Waals surface area (Å²) in [5.74, 6) is 1.96. The van der Waals surface area contributed by atoms with E-state index in [4.69, 9.17) is 9.73 Å². The summed E-state index contributed by atoms with van der Waals surface area (Å²) in [6.07, 6.45) is 8.43. The minimum Gasteiger partial charge on any atom is -0.376 e. The summed E-state index contributed by atoms with van der Waals surface area (Å²) in [4.78, 5) is 4.81. The van der Waals surface area contributed by atoms with Crippen LogP contribution in [0.4, 0.5) is 0 Å². The third-order valence-corrected chi connectivity index (χ3v) is 4.75. The van der Waals surface area contributed by atoms with Crippen LogP contribution < -0.4 is 10.6 Å². The fourth-order valence-corrected chi connectivity index (χ4v) is 3.15. The molecule has 0 radical (unpaired) electrons. The van der Waals surface area contributed by atoms with E-state index in [2.05, 4.69) is 17.6 Å². The molecule has 0 aromatic carbocycles. The minimum absolute atomic E-state index is 0.377. The molecule has 108 valence electrons. The smallest absolute Gasteiger partial charge is 0.191 e. The van der Waals surface area contributed by atoms with Crippen molar-refractivity contribution in [3.63, 3.8) is 0 Å². The maximum atomic E-state index is 5.64. The average molecular weight is 265 g/mol. The maximum absolute atomic E-state index is 5.64. The first-order valence-electron chi connectivity index (χ1n) is 7.96. The van der Waals surface area contributed by atoms with Crippen molar-refractivity contribution in [3.8, 4) is 0 Å². The Labute approximate surface area is 116 Å². The highest BCUT2D eigenvalue weighted by atomic mass is 16.5. The Hall–Kier alpha value is -0.770. The van der Waals surface area contributed by atoms with E-state index in [0.717, 1.165) is 38.1 Å². The highest BCUT2D eigenvalue weighted by Crippen LogP contribution is 2.61. The van der Waals surface area contributed by atoms with Gasteiger partial charge in [-0.2, -0.15) is 0 Å². The lowest BCUT2D eigenvalue weighted by molar-refractivity contribution is 0.114. The summed E-state index contributed by atoms with van der Waals surface area (Å²) >= 11 is 0. The van der Waals surface area contributed by atoms with E-state index < -0.39 is 0 Å². The van der Waals surface area contributed by atoms with Crippen LogP contribution in [-0.4, -0.2) is 38.3 Å². The van der Waals surface area contributed by atoms with Crippen LogP contribution in [0.5, 0.6) is 0 Å². The number of aliphatic imine (C=N–C) groups is 1. The molecule has 0 aromatic rings. The molecule has 3 rings (SSSR count). The molecule has 1 atom stereocenters. The lowest BCUT2D eigenvalue weighted by Gasteiger charge is -2.16. The van der Waals surface area contributed by atoms with Gasteiger partial charge < -0.3 is 15.4 Å². The molecule has 4 nitrogen and oxygen atoms in total. The number of guanidine groups is 1. The first-order chi connectivity index (χ1) is 9.32. The van der Waals surface area contributed by atoms with Gasteiger partial charge in [-0.25, -0.2) is 0 Å². The van der Waals surface area contributed by atoms with Gasteiger partial charge in [-0.3, -0.25) is 4.99 Å². The third kappa shape index (κ3) is 3.41. The van der Waals surface area contributed by atoms with Crippen molar-refractivity contribution in [3.05, 3.63) is 0 Å². The van der Waals surface area contributed by atoms with Crippen LogP contribution in [0.3, 0.4) is 0 Å². The molecule has 1 heterocycles. The molecule has 4 heteroatoms. The number of nitrogens with one attached hydrogen (secondary N) is 2. The second kappa shape index (κ2) is 5.70. The van der Waals surface area contributed by atoms with E-state index in [9.17, 15) is 0 Å². The Morgan fingerprint density at radius 1 is 1.26 bits per heavy atom. The van der Waals surface area contributed by atoms with Crippen molar-refractivity contribution in [1.82, 2.24) is 10.6 Å². The van der Waals surface area contributed by atoms with Crippen LogP contribution in [0, 0.1) is 11.3 Å². The van der Waals surface area contributed by atoms with Crippen LogP contribution in [0.1, 0.15) is 45.4 Å². The van der Waals surface area contributed by atoms with Crippen molar-refractivity contribution in [2.75, 3.05) is 26.2 Å². The molecular formula is C15H27N3O. The van der Waals surface area contributed by atoms with Crippen LogP contribution in [0.2, 0.25) is 0 Å². The first-order valence-corrected chi connectivity index (χ1v) is 7.96. The molecule has 2 aliphatic carbocycles. The lowest BCUT2D eigenvalue weighted by atomic mass is 10.0. The number of rotatable bonds is 6. The van der Waals surface area contributed by atoms with Gasteiger partial charge in [-0.15, -0.1) is 0 Å². The second-order valence-corrected chi connectivity index (χ2v) is 6.35. The van der Waals surface area contributed by atoms with Gasteiger partial charge in [0.25, 0.3) is 0 Å². The Kier molecular flexibility index (Phi) is 3.96. The monoisotopic (exact) mass is 265 g/mol. The molecule has 0 bridgehead atoms. The quantitative estimate of drug-likeness (QED) is 0.569. The van der Waals surface area contributed by atoms with Crippen LogP contribution >= 0.6 is 0 Å². The van der Waals surface area contributed by atoms with E-state index >= 15 is 0 Å². The van der Waals surface area contributed by atoms with Crippen molar-refractivity contribution in [2.45, 2.75) is 51.6 Å². The minimum atomic E-state index is 0.377. The van der Waals surface area contributed by atoms with Crippen molar-refractivity contribution in [1.29, 1.82) is 0 Å². The largest absolute Gasteiger partial charge is 0.376 e. The highest BCUT2D eigenvalue weighted by molar-refractivity contribution is 5.79. The summed E-state index contributed by atoms with van der Waals surface area (Å²) in [6.45, 7) is 5.87. The molecule has 1 aliphatic heterocycles. The maximum Gasteiger partial charge on any atom is 0.191 e. The van der Waals surface area contributed by atoms with Crippen molar-refractivity contribution >= 4 is 5.96 Å². The molecule has 2 saturated carbocycles. The SMILES string of the molecule is CCNC(=NCC1(C2CC2)CC1)NCC1CCCO1. The van der Waals surface area contributed by atoms with Gasteiger partial charge in [-0.05, 0) is 56.8 Å². The Morgan fingerprint density at radius 2 is 2.11 bits per heavy atom. The zero-order valence-corrected chi connectivity index (χ0v) is 12.1. The van der Waals surface area contributed by atoms with Crippen LogP contribution in [-0.2, 0) is 4.74 Å². The number of ether oxygens (including phenoxy) is 1. The van der Waals surface area contributed by atoms with E-state index in [1.807, 2.05) is 0 Å². The van der Waals surface area contributed by atoms with Gasteiger partial charge in [0.2, 0.25) is 0 Å². The van der Waals surface area contributed by atoms with Gasteiger partial charge in [0.1, 0.15) is 0 Å². The fourth-order valence-electron chi connectivity index (χ4n) is 3.15. The van der Waals surface area contributed by atoms with Crippen molar-refractivity contribution < 1.29 is 4.74 Å². The van der Waals surface area contributed by atoms with Gasteiger partial charge in [0.15, 0.2) is 5.96 Å². The molecule has 1 saturated heterocycles. The van der Waals surface area contributed by atoms with Gasteiger partial charge in [0, 0.05) is 26.2 Å². The average Bonchev–Trinajstić information content (AvgIpc) is 3.32. The normalized spacial score (nSPS) is 29.3. The number of nitrogens with zero attached hydrogens (tertiary/aromatic N) is 1. The summed E-state index contributed by atoms with van der Waals surface area (Å²) < 4.78 is 5.64. The standard InChI is InChI=1S/C15H27N3O/c1-2-16-14(17-10-13-4-3-9-19-13)18-11-15(7-8-15)12-5-6-12/h12-13H,2-11H2,1H3,(H2,16,17,18). The lowest BCUT2D eigenvalue weighted by Crippen LogP contribution is -2.41. The molecule has 0 aromatic heterocycles. The van der Waals surface area contributed by atoms with E-state index in [1.165, 1.54) is 38.5 Å². The van der Waals surface area contributed by atoms with Gasteiger partial charge >= 0.3 is 0 Å². The van der Waals surface area contributed by atoms with Crippen LogP contribution in [0.15, 0.2) is 4.99 Å². The zero-order valence-electron chi connectivity index (χ0n) is 12.1. The molecule has 0 amide bonds. The topological polar surface area (TPSA) is 45.7 Å². The Morgan fingerprint density at radius 3 is 2.68 bits per heavy atom. The third-order valence-electron chi connectivity index (χ3n) is 4.75. The number of hydrogen-bond donors (Lipinski definition) is 2. The zero-order chi connectivity index (χ0) is 13.1. The highest BCUT2D eigenvalue weighted by Gasteiger charge is 2.53. The van der Waals surface area contributed by atoms with E-state index in [1.54, 1.807) is 0 Å². The molecule has 1 unspecified atom stereocenters. The van der Waals surface area contributed by atoms with E-state index in [-0.39, 0.29) is 0 Å². The van der Waals surface area contributed by atoms with Gasteiger partial charge in [0.05, 0.1) is 6.10 Å². The predicted octanol–water partition coefficient (Wildman–Crippen LogP) is 1.91. The summed E-state index contributed by atoms with van der Waals surface area (Å²) in [5, 5.41) is 6.79. The molecule has 3 fully saturated rings. The first kappa shape index (κ1) is 13.2. The Balaban J connectivity index is 1.47. The Bertz CT molecular complexity index is 328. The molecule has 2 N–H and O–H groups in total. The number of hydrogen-bond acceptors (Lipinski definition) is 2. The molecular weight excluding hydrogens is 238 g/mol. The van der Waals surface area contributed by atoms with E-state index in [0.29, 0.717) is 11.5 Å². The fraction of sp³-hybridized carbons (Fsp3) is 0.933. The molecule has 3 aliphatic rings.